The first-order valence-corrected chi connectivity index (χ1v) is 5.68. The molecule has 4 nitrogen and oxygen atoms in total. The highest BCUT2D eigenvalue weighted by molar-refractivity contribution is 5.83. The zero-order valence-corrected chi connectivity index (χ0v) is 11.5. The molecule has 0 heterocycles. The Labute approximate surface area is 99.1 Å². The number of carbonyl (C=O) groups is 1. The summed E-state index contributed by atoms with van der Waals surface area (Å²) < 4.78 is 4.96. The molecule has 0 rings (SSSR count). The van der Waals surface area contributed by atoms with E-state index in [0.29, 0.717) is 13.2 Å². The SMILES string of the molecule is COCCCN(C)C(=O)C(C)(C)C(C)(C)N. The van der Waals surface area contributed by atoms with Crippen molar-refractivity contribution in [2.45, 2.75) is 39.7 Å². The normalized spacial score (nSPS) is 12.7. The molecule has 0 aliphatic carbocycles. The molecule has 0 unspecified atom stereocenters. The molecule has 0 bridgehead atoms. The molecule has 0 aromatic rings. The summed E-state index contributed by atoms with van der Waals surface area (Å²) in [5.74, 6) is 0.0797. The van der Waals surface area contributed by atoms with Crippen LogP contribution < -0.4 is 5.73 Å². The topological polar surface area (TPSA) is 55.6 Å². The average molecular weight is 230 g/mol. The number of amides is 1. The van der Waals surface area contributed by atoms with Crippen molar-refractivity contribution in [3.05, 3.63) is 0 Å². The van der Waals surface area contributed by atoms with Gasteiger partial charge in [0.1, 0.15) is 0 Å². The van der Waals surface area contributed by atoms with Gasteiger partial charge in [0, 0.05) is 32.8 Å². The van der Waals surface area contributed by atoms with E-state index in [1.807, 2.05) is 34.7 Å². The minimum absolute atomic E-state index is 0.0797. The Hall–Kier alpha value is -0.610. The predicted octanol–water partition coefficient (Wildman–Crippen LogP) is 1.24. The lowest BCUT2D eigenvalue weighted by Crippen LogP contribution is -2.56. The van der Waals surface area contributed by atoms with Gasteiger partial charge in [0.25, 0.3) is 0 Å². The van der Waals surface area contributed by atoms with E-state index in [0.717, 1.165) is 6.42 Å². The number of methoxy groups -OCH3 is 1. The average Bonchev–Trinajstić information content (AvgIpc) is 2.15. The fourth-order valence-electron chi connectivity index (χ4n) is 1.30. The van der Waals surface area contributed by atoms with Crippen LogP contribution in [0.4, 0.5) is 0 Å². The van der Waals surface area contributed by atoms with Crippen molar-refractivity contribution in [2.24, 2.45) is 11.1 Å². The first kappa shape index (κ1) is 15.4. The Kier molecular flexibility index (Phi) is 5.42. The van der Waals surface area contributed by atoms with Gasteiger partial charge in [-0.2, -0.15) is 0 Å². The number of hydrogen-bond donors (Lipinski definition) is 1. The van der Waals surface area contributed by atoms with Gasteiger partial charge in [-0.1, -0.05) is 0 Å². The lowest BCUT2D eigenvalue weighted by Gasteiger charge is -2.39. The van der Waals surface area contributed by atoms with E-state index in [4.69, 9.17) is 10.5 Å². The number of ether oxygens (including phenoxy) is 1. The molecule has 96 valence electrons. The van der Waals surface area contributed by atoms with Gasteiger partial charge in [-0.15, -0.1) is 0 Å². The van der Waals surface area contributed by atoms with Gasteiger partial charge < -0.3 is 15.4 Å². The third-order valence-electron chi connectivity index (χ3n) is 3.33. The van der Waals surface area contributed by atoms with E-state index < -0.39 is 11.0 Å². The van der Waals surface area contributed by atoms with Crippen molar-refractivity contribution in [1.82, 2.24) is 4.90 Å². The van der Waals surface area contributed by atoms with Gasteiger partial charge in [-0.3, -0.25) is 4.79 Å². The Morgan fingerprint density at radius 2 is 1.81 bits per heavy atom. The number of hydrogen-bond acceptors (Lipinski definition) is 3. The summed E-state index contributed by atoms with van der Waals surface area (Å²) in [6, 6.07) is 0. The largest absolute Gasteiger partial charge is 0.385 e. The Morgan fingerprint density at radius 1 is 1.31 bits per heavy atom. The van der Waals surface area contributed by atoms with E-state index in [1.54, 1.807) is 12.0 Å². The Bertz CT molecular complexity index is 232. The first-order chi connectivity index (χ1) is 7.14. The number of rotatable bonds is 6. The van der Waals surface area contributed by atoms with E-state index in [-0.39, 0.29) is 5.91 Å². The lowest BCUT2D eigenvalue weighted by molar-refractivity contribution is -0.142. The van der Waals surface area contributed by atoms with Crippen LogP contribution in [0.2, 0.25) is 0 Å². The molecule has 0 aliphatic heterocycles. The van der Waals surface area contributed by atoms with Crippen LogP contribution in [0.15, 0.2) is 0 Å². The zero-order valence-electron chi connectivity index (χ0n) is 11.5. The molecule has 0 saturated heterocycles. The molecule has 0 aromatic carbocycles. The fourth-order valence-corrected chi connectivity index (χ4v) is 1.30. The smallest absolute Gasteiger partial charge is 0.229 e. The highest BCUT2D eigenvalue weighted by atomic mass is 16.5. The molecule has 0 atom stereocenters. The quantitative estimate of drug-likeness (QED) is 0.699. The van der Waals surface area contributed by atoms with Crippen LogP contribution in [0.1, 0.15) is 34.1 Å². The van der Waals surface area contributed by atoms with Crippen LogP contribution in [-0.4, -0.2) is 43.7 Å². The standard InChI is InChI=1S/C12H26N2O2/c1-11(2,12(3,4)13)10(15)14(5)8-7-9-16-6/h7-9,13H2,1-6H3. The van der Waals surface area contributed by atoms with Crippen LogP contribution in [0.5, 0.6) is 0 Å². The molecule has 0 spiro atoms. The molecule has 16 heavy (non-hydrogen) atoms. The third kappa shape index (κ3) is 3.76. The summed E-state index contributed by atoms with van der Waals surface area (Å²) in [4.78, 5) is 13.9. The van der Waals surface area contributed by atoms with E-state index in [9.17, 15) is 4.79 Å². The van der Waals surface area contributed by atoms with Gasteiger partial charge in [-0.05, 0) is 34.1 Å². The van der Waals surface area contributed by atoms with E-state index in [2.05, 4.69) is 0 Å². The van der Waals surface area contributed by atoms with Crippen LogP contribution in [0.3, 0.4) is 0 Å². The maximum absolute atomic E-state index is 12.2. The van der Waals surface area contributed by atoms with Crippen LogP contribution in [0, 0.1) is 5.41 Å². The summed E-state index contributed by atoms with van der Waals surface area (Å²) in [6.45, 7) is 8.92. The predicted molar refractivity (Wildman–Crippen MR) is 66.2 cm³/mol. The second-order valence-corrected chi connectivity index (χ2v) is 5.42. The van der Waals surface area contributed by atoms with Crippen LogP contribution in [0.25, 0.3) is 0 Å². The summed E-state index contributed by atoms with van der Waals surface area (Å²) >= 11 is 0. The monoisotopic (exact) mass is 230 g/mol. The maximum Gasteiger partial charge on any atom is 0.229 e. The molecular weight excluding hydrogens is 204 g/mol. The summed E-state index contributed by atoms with van der Waals surface area (Å²) in [6.07, 6.45) is 0.847. The third-order valence-corrected chi connectivity index (χ3v) is 3.33. The highest BCUT2D eigenvalue weighted by Crippen LogP contribution is 2.30. The van der Waals surface area contributed by atoms with Gasteiger partial charge in [0.05, 0.1) is 5.41 Å². The second-order valence-electron chi connectivity index (χ2n) is 5.42. The van der Waals surface area contributed by atoms with Gasteiger partial charge in [0.15, 0.2) is 0 Å². The van der Waals surface area contributed by atoms with Crippen molar-refractivity contribution in [1.29, 1.82) is 0 Å². The van der Waals surface area contributed by atoms with Gasteiger partial charge >= 0.3 is 0 Å². The van der Waals surface area contributed by atoms with E-state index >= 15 is 0 Å². The van der Waals surface area contributed by atoms with Crippen molar-refractivity contribution in [3.63, 3.8) is 0 Å². The first-order valence-electron chi connectivity index (χ1n) is 5.68. The summed E-state index contributed by atoms with van der Waals surface area (Å²) in [5, 5.41) is 0. The zero-order chi connectivity index (χ0) is 13.0. The molecule has 1 amide bonds. The molecule has 0 saturated carbocycles. The fraction of sp³-hybridized carbons (Fsp3) is 0.917. The molecule has 0 radical (unpaired) electrons. The van der Waals surface area contributed by atoms with Gasteiger partial charge in [0.2, 0.25) is 5.91 Å². The highest BCUT2D eigenvalue weighted by Gasteiger charge is 2.41. The summed E-state index contributed by atoms with van der Waals surface area (Å²) in [5.41, 5.74) is 4.95. The van der Waals surface area contributed by atoms with Crippen molar-refractivity contribution < 1.29 is 9.53 Å². The minimum atomic E-state index is -0.561. The Balaban J connectivity index is 4.43. The van der Waals surface area contributed by atoms with E-state index in [1.165, 1.54) is 0 Å². The number of nitrogens with zero attached hydrogens (tertiary/aromatic N) is 1. The molecule has 0 fully saturated rings. The lowest BCUT2D eigenvalue weighted by atomic mass is 9.74. The van der Waals surface area contributed by atoms with Crippen molar-refractivity contribution in [3.8, 4) is 0 Å². The van der Waals surface area contributed by atoms with Crippen LogP contribution >= 0.6 is 0 Å². The number of nitrogens with two attached hydrogens (primary N) is 1. The van der Waals surface area contributed by atoms with Crippen molar-refractivity contribution >= 4 is 5.91 Å². The maximum atomic E-state index is 12.2. The van der Waals surface area contributed by atoms with Crippen molar-refractivity contribution in [2.75, 3.05) is 27.3 Å². The minimum Gasteiger partial charge on any atom is -0.385 e. The molecular formula is C12H26N2O2. The second kappa shape index (κ2) is 5.64. The molecule has 0 aromatic heterocycles. The Morgan fingerprint density at radius 3 is 2.19 bits per heavy atom. The summed E-state index contributed by atoms with van der Waals surface area (Å²) in [7, 11) is 3.47. The number of carbonyl (C=O) groups excluding carboxylic acids is 1. The molecule has 0 aliphatic rings. The van der Waals surface area contributed by atoms with Crippen LogP contribution in [-0.2, 0) is 9.53 Å². The van der Waals surface area contributed by atoms with Gasteiger partial charge in [-0.25, -0.2) is 0 Å². The molecule has 2 N–H and O–H groups in total. The molecule has 4 heteroatoms.